The molecule has 0 saturated carbocycles. The Balaban J connectivity index is 4.07. The van der Waals surface area contributed by atoms with Gasteiger partial charge in [-0.3, -0.25) is 0 Å². The molecule has 0 aliphatic heterocycles. The van der Waals surface area contributed by atoms with Gasteiger partial charge in [0, 0.05) is 11.6 Å². The van der Waals surface area contributed by atoms with E-state index in [2.05, 4.69) is 36.7 Å². The standard InChI is InChI=1S/C10H23BrOSi/c1-4-7-12-13(10-11,8-5-2)9-6-3/h4-10H2,1-3H3. The van der Waals surface area contributed by atoms with Crippen LogP contribution < -0.4 is 0 Å². The van der Waals surface area contributed by atoms with Crippen molar-refractivity contribution in [2.24, 2.45) is 0 Å². The summed E-state index contributed by atoms with van der Waals surface area (Å²) in [6.45, 7) is 7.66. The van der Waals surface area contributed by atoms with E-state index in [1.807, 2.05) is 0 Å². The van der Waals surface area contributed by atoms with Crippen LogP contribution >= 0.6 is 15.9 Å². The van der Waals surface area contributed by atoms with Crippen LogP contribution in [0.3, 0.4) is 0 Å². The van der Waals surface area contributed by atoms with Crippen molar-refractivity contribution in [1.82, 2.24) is 0 Å². The van der Waals surface area contributed by atoms with Crippen LogP contribution in [-0.4, -0.2) is 19.9 Å². The monoisotopic (exact) mass is 266 g/mol. The summed E-state index contributed by atoms with van der Waals surface area (Å²) in [7, 11) is -1.37. The third kappa shape index (κ3) is 5.18. The number of halogens is 1. The average molecular weight is 267 g/mol. The molecule has 0 amide bonds. The second-order valence-electron chi connectivity index (χ2n) is 3.67. The second kappa shape index (κ2) is 8.01. The average Bonchev–Trinajstić information content (AvgIpc) is 2.15. The first kappa shape index (κ1) is 13.7. The molecule has 0 aliphatic carbocycles. The summed E-state index contributed by atoms with van der Waals surface area (Å²) >= 11 is 3.64. The van der Waals surface area contributed by atoms with Crippen molar-refractivity contribution in [1.29, 1.82) is 0 Å². The van der Waals surface area contributed by atoms with Gasteiger partial charge in [0.2, 0.25) is 8.32 Å². The summed E-state index contributed by atoms with van der Waals surface area (Å²) < 4.78 is 6.10. The minimum Gasteiger partial charge on any atom is -0.416 e. The number of hydrogen-bond acceptors (Lipinski definition) is 1. The van der Waals surface area contributed by atoms with E-state index in [0.717, 1.165) is 18.0 Å². The molecule has 0 fully saturated rings. The lowest BCUT2D eigenvalue weighted by molar-refractivity contribution is 0.300. The molecule has 0 spiro atoms. The molecule has 0 atom stereocenters. The van der Waals surface area contributed by atoms with Gasteiger partial charge in [-0.25, -0.2) is 0 Å². The van der Waals surface area contributed by atoms with E-state index >= 15 is 0 Å². The smallest absolute Gasteiger partial charge is 0.203 e. The van der Waals surface area contributed by atoms with Gasteiger partial charge >= 0.3 is 0 Å². The fourth-order valence-corrected chi connectivity index (χ4v) is 7.18. The molecule has 0 aromatic heterocycles. The highest BCUT2D eigenvalue weighted by atomic mass is 79.9. The molecule has 0 radical (unpaired) electrons. The molecule has 0 N–H and O–H groups in total. The second-order valence-corrected chi connectivity index (χ2v) is 9.27. The first-order valence-corrected chi connectivity index (χ1v) is 9.09. The highest BCUT2D eigenvalue weighted by Crippen LogP contribution is 2.23. The Hall–Kier alpha value is 0.657. The van der Waals surface area contributed by atoms with Crippen molar-refractivity contribution >= 4 is 24.2 Å². The third-order valence-electron chi connectivity index (χ3n) is 2.27. The molecule has 13 heavy (non-hydrogen) atoms. The zero-order chi connectivity index (χ0) is 10.2. The van der Waals surface area contributed by atoms with Crippen molar-refractivity contribution in [3.63, 3.8) is 0 Å². The zero-order valence-corrected chi connectivity index (χ0v) is 11.8. The summed E-state index contributed by atoms with van der Waals surface area (Å²) in [5.41, 5.74) is 0. The molecular formula is C10H23BrOSi. The predicted molar refractivity (Wildman–Crippen MR) is 66.0 cm³/mol. The molecule has 0 saturated heterocycles. The lowest BCUT2D eigenvalue weighted by Crippen LogP contribution is -2.40. The van der Waals surface area contributed by atoms with Crippen molar-refractivity contribution in [3.05, 3.63) is 0 Å². The van der Waals surface area contributed by atoms with Gasteiger partial charge in [0.25, 0.3) is 0 Å². The van der Waals surface area contributed by atoms with E-state index in [4.69, 9.17) is 4.43 Å². The van der Waals surface area contributed by atoms with Crippen molar-refractivity contribution in [3.8, 4) is 0 Å². The maximum atomic E-state index is 6.10. The summed E-state index contributed by atoms with van der Waals surface area (Å²) in [5, 5.41) is 0. The van der Waals surface area contributed by atoms with Gasteiger partial charge in [0.05, 0.1) is 0 Å². The fraction of sp³-hybridized carbons (Fsp3) is 1.00. The highest BCUT2D eigenvalue weighted by Gasteiger charge is 2.31. The quantitative estimate of drug-likeness (QED) is 0.475. The Bertz CT molecular complexity index is 113. The van der Waals surface area contributed by atoms with Gasteiger partial charge in [0.15, 0.2) is 0 Å². The van der Waals surface area contributed by atoms with Crippen LogP contribution in [0.15, 0.2) is 0 Å². The molecule has 0 aromatic carbocycles. The minimum absolute atomic E-state index is 0.956. The third-order valence-corrected chi connectivity index (χ3v) is 9.46. The van der Waals surface area contributed by atoms with Gasteiger partial charge in [-0.1, -0.05) is 49.5 Å². The molecular weight excluding hydrogens is 244 g/mol. The Morgan fingerprint density at radius 1 is 1.00 bits per heavy atom. The first-order chi connectivity index (χ1) is 6.24. The van der Waals surface area contributed by atoms with E-state index in [9.17, 15) is 0 Å². The van der Waals surface area contributed by atoms with E-state index in [1.165, 1.54) is 24.9 Å². The number of hydrogen-bond donors (Lipinski definition) is 0. The molecule has 3 heteroatoms. The van der Waals surface area contributed by atoms with Crippen molar-refractivity contribution in [2.45, 2.75) is 52.1 Å². The van der Waals surface area contributed by atoms with Crippen LogP contribution in [0.25, 0.3) is 0 Å². The molecule has 0 unspecified atom stereocenters. The first-order valence-electron chi connectivity index (χ1n) is 5.44. The van der Waals surface area contributed by atoms with Crippen LogP contribution in [0.5, 0.6) is 0 Å². The van der Waals surface area contributed by atoms with Gasteiger partial charge < -0.3 is 4.43 Å². The molecule has 0 aromatic rings. The number of alkyl halides is 1. The molecule has 0 bridgehead atoms. The lowest BCUT2D eigenvalue weighted by Gasteiger charge is -2.29. The normalized spacial score (nSPS) is 12.0. The fourth-order valence-electron chi connectivity index (χ4n) is 1.67. The lowest BCUT2D eigenvalue weighted by atomic mass is 10.5. The van der Waals surface area contributed by atoms with Crippen LogP contribution in [-0.2, 0) is 4.43 Å². The topological polar surface area (TPSA) is 9.23 Å². The van der Waals surface area contributed by atoms with E-state index < -0.39 is 8.32 Å². The summed E-state index contributed by atoms with van der Waals surface area (Å²) in [6, 6.07) is 2.62. The summed E-state index contributed by atoms with van der Waals surface area (Å²) in [5.74, 6) is 0. The Kier molecular flexibility index (Phi) is 8.41. The Labute approximate surface area is 92.5 Å². The van der Waals surface area contributed by atoms with Crippen LogP contribution in [0.4, 0.5) is 0 Å². The molecule has 80 valence electrons. The van der Waals surface area contributed by atoms with E-state index in [1.54, 1.807) is 0 Å². The predicted octanol–water partition coefficient (Wildman–Crippen LogP) is 4.11. The highest BCUT2D eigenvalue weighted by molar-refractivity contribution is 9.09. The van der Waals surface area contributed by atoms with Gasteiger partial charge in [-0.05, 0) is 18.5 Å². The SMILES string of the molecule is CCCO[Si](CBr)(CCC)CCC. The molecule has 0 aliphatic rings. The van der Waals surface area contributed by atoms with Crippen LogP contribution in [0.1, 0.15) is 40.0 Å². The van der Waals surface area contributed by atoms with E-state index in [-0.39, 0.29) is 0 Å². The van der Waals surface area contributed by atoms with Crippen LogP contribution in [0, 0.1) is 0 Å². The summed E-state index contributed by atoms with van der Waals surface area (Å²) in [4.78, 5) is 1.11. The van der Waals surface area contributed by atoms with E-state index in [0.29, 0.717) is 0 Å². The number of rotatable bonds is 8. The zero-order valence-electron chi connectivity index (χ0n) is 9.24. The van der Waals surface area contributed by atoms with Crippen molar-refractivity contribution in [2.75, 3.05) is 11.6 Å². The van der Waals surface area contributed by atoms with Crippen molar-refractivity contribution < 1.29 is 4.43 Å². The summed E-state index contributed by atoms with van der Waals surface area (Å²) in [6.07, 6.45) is 3.68. The maximum absolute atomic E-state index is 6.10. The minimum atomic E-state index is -1.37. The molecule has 1 nitrogen and oxygen atoms in total. The van der Waals surface area contributed by atoms with Crippen LogP contribution in [0.2, 0.25) is 12.1 Å². The Morgan fingerprint density at radius 2 is 1.54 bits per heavy atom. The van der Waals surface area contributed by atoms with Gasteiger partial charge in [0.1, 0.15) is 0 Å². The van der Waals surface area contributed by atoms with Gasteiger partial charge in [-0.2, -0.15) is 0 Å². The largest absolute Gasteiger partial charge is 0.416 e. The molecule has 0 rings (SSSR count). The molecule has 0 heterocycles. The van der Waals surface area contributed by atoms with Gasteiger partial charge in [-0.15, -0.1) is 0 Å². The Morgan fingerprint density at radius 3 is 1.85 bits per heavy atom. The maximum Gasteiger partial charge on any atom is 0.203 e.